The first-order valence-electron chi connectivity index (χ1n) is 5.99. The van der Waals surface area contributed by atoms with E-state index >= 15 is 0 Å². The summed E-state index contributed by atoms with van der Waals surface area (Å²) in [4.78, 5) is 0. The largest absolute Gasteiger partial charge is 0.325 e. The highest BCUT2D eigenvalue weighted by atomic mass is 14.8. The van der Waals surface area contributed by atoms with E-state index in [4.69, 9.17) is 5.73 Å². The second-order valence-corrected chi connectivity index (χ2v) is 5.44. The Morgan fingerprint density at radius 3 is 2.00 bits per heavy atom. The molecule has 2 aliphatic carbocycles. The van der Waals surface area contributed by atoms with E-state index in [2.05, 4.69) is 6.92 Å². The van der Waals surface area contributed by atoms with Gasteiger partial charge in [0.2, 0.25) is 0 Å². The number of hydrogen-bond donors (Lipinski definition) is 1. The zero-order chi connectivity index (χ0) is 9.31. The lowest BCUT2D eigenvalue weighted by molar-refractivity contribution is 0.0826. The van der Waals surface area contributed by atoms with Gasteiger partial charge in [0.05, 0.1) is 0 Å². The Morgan fingerprint density at radius 1 is 1.00 bits per heavy atom. The van der Waals surface area contributed by atoms with Crippen LogP contribution in [0, 0.1) is 11.8 Å². The summed E-state index contributed by atoms with van der Waals surface area (Å²) >= 11 is 0. The second-order valence-electron chi connectivity index (χ2n) is 5.44. The first kappa shape index (κ1) is 9.51. The molecule has 0 aromatic rings. The molecule has 0 saturated heterocycles. The predicted molar refractivity (Wildman–Crippen MR) is 56.5 cm³/mol. The van der Waals surface area contributed by atoms with E-state index in [0.717, 1.165) is 11.8 Å². The Kier molecular flexibility index (Phi) is 2.64. The van der Waals surface area contributed by atoms with E-state index in [9.17, 15) is 0 Å². The van der Waals surface area contributed by atoms with Gasteiger partial charge in [-0.15, -0.1) is 0 Å². The number of nitrogens with two attached hydrogens (primary N) is 1. The van der Waals surface area contributed by atoms with Crippen molar-refractivity contribution in [3.63, 3.8) is 0 Å². The van der Waals surface area contributed by atoms with Crippen molar-refractivity contribution in [2.24, 2.45) is 17.6 Å². The minimum Gasteiger partial charge on any atom is -0.325 e. The highest BCUT2D eigenvalue weighted by Crippen LogP contribution is 2.45. The molecule has 76 valence electrons. The van der Waals surface area contributed by atoms with Crippen LogP contribution in [-0.4, -0.2) is 5.54 Å². The van der Waals surface area contributed by atoms with Crippen molar-refractivity contribution in [2.45, 2.75) is 63.8 Å². The smallest absolute Gasteiger partial charge is 0.0188 e. The molecule has 0 aromatic heterocycles. The van der Waals surface area contributed by atoms with E-state index in [1.165, 1.54) is 51.4 Å². The minimum atomic E-state index is 0.254. The van der Waals surface area contributed by atoms with Crippen LogP contribution >= 0.6 is 0 Å². The Hall–Kier alpha value is -0.0400. The van der Waals surface area contributed by atoms with Gasteiger partial charge < -0.3 is 5.73 Å². The Bertz CT molecular complexity index is 162. The SMILES string of the molecule is CC1CC(N)(C2CCCCCC2)C1. The normalized spacial score (nSPS) is 42.5. The van der Waals surface area contributed by atoms with Gasteiger partial charge in [-0.05, 0) is 37.5 Å². The van der Waals surface area contributed by atoms with E-state index < -0.39 is 0 Å². The first-order valence-corrected chi connectivity index (χ1v) is 5.99. The lowest BCUT2D eigenvalue weighted by Crippen LogP contribution is -2.56. The van der Waals surface area contributed by atoms with Crippen molar-refractivity contribution >= 4 is 0 Å². The molecule has 0 aromatic carbocycles. The molecule has 13 heavy (non-hydrogen) atoms. The van der Waals surface area contributed by atoms with Crippen LogP contribution in [0.5, 0.6) is 0 Å². The lowest BCUT2D eigenvalue weighted by Gasteiger charge is -2.49. The molecule has 2 fully saturated rings. The molecule has 2 N–H and O–H groups in total. The van der Waals surface area contributed by atoms with Crippen molar-refractivity contribution in [3.05, 3.63) is 0 Å². The molecule has 0 heterocycles. The fourth-order valence-corrected chi connectivity index (χ4v) is 3.43. The maximum Gasteiger partial charge on any atom is 0.0188 e. The maximum absolute atomic E-state index is 6.44. The third kappa shape index (κ3) is 1.90. The topological polar surface area (TPSA) is 26.0 Å². The summed E-state index contributed by atoms with van der Waals surface area (Å²) in [7, 11) is 0. The van der Waals surface area contributed by atoms with E-state index in [0.29, 0.717) is 0 Å². The summed E-state index contributed by atoms with van der Waals surface area (Å²) in [5.41, 5.74) is 6.69. The highest BCUT2D eigenvalue weighted by Gasteiger charge is 2.43. The van der Waals surface area contributed by atoms with Crippen LogP contribution in [0.15, 0.2) is 0 Å². The quantitative estimate of drug-likeness (QED) is 0.618. The van der Waals surface area contributed by atoms with Crippen LogP contribution < -0.4 is 5.73 Å². The van der Waals surface area contributed by atoms with Crippen LogP contribution in [-0.2, 0) is 0 Å². The maximum atomic E-state index is 6.44. The molecule has 2 aliphatic rings. The summed E-state index contributed by atoms with van der Waals surface area (Å²) in [5, 5.41) is 0. The van der Waals surface area contributed by atoms with E-state index in [1.54, 1.807) is 0 Å². The predicted octanol–water partition coefficient (Wildman–Crippen LogP) is 3.08. The van der Waals surface area contributed by atoms with Crippen LogP contribution in [0.3, 0.4) is 0 Å². The van der Waals surface area contributed by atoms with Crippen molar-refractivity contribution in [1.29, 1.82) is 0 Å². The molecule has 0 spiro atoms. The van der Waals surface area contributed by atoms with Gasteiger partial charge in [0, 0.05) is 5.54 Å². The lowest BCUT2D eigenvalue weighted by atomic mass is 9.61. The first-order chi connectivity index (χ1) is 6.21. The van der Waals surface area contributed by atoms with Gasteiger partial charge in [0.1, 0.15) is 0 Å². The van der Waals surface area contributed by atoms with Crippen molar-refractivity contribution in [1.82, 2.24) is 0 Å². The molecule has 0 bridgehead atoms. The zero-order valence-electron chi connectivity index (χ0n) is 8.89. The molecule has 1 heteroatoms. The fourth-order valence-electron chi connectivity index (χ4n) is 3.43. The number of hydrogen-bond acceptors (Lipinski definition) is 1. The molecule has 1 nitrogen and oxygen atoms in total. The third-order valence-corrected chi connectivity index (χ3v) is 4.13. The molecular weight excluding hydrogens is 158 g/mol. The fraction of sp³-hybridized carbons (Fsp3) is 1.00. The van der Waals surface area contributed by atoms with Gasteiger partial charge in [-0.1, -0.05) is 32.6 Å². The molecule has 2 rings (SSSR count). The van der Waals surface area contributed by atoms with Gasteiger partial charge >= 0.3 is 0 Å². The molecule has 0 atom stereocenters. The highest BCUT2D eigenvalue weighted by molar-refractivity contribution is 5.01. The standard InChI is InChI=1S/C12H23N/c1-10-8-12(13,9-10)11-6-4-2-3-5-7-11/h10-11H,2-9,13H2,1H3. The summed E-state index contributed by atoms with van der Waals surface area (Å²) in [6, 6.07) is 0. The van der Waals surface area contributed by atoms with Crippen molar-refractivity contribution < 1.29 is 0 Å². The monoisotopic (exact) mass is 181 g/mol. The molecule has 0 aliphatic heterocycles. The molecular formula is C12H23N. The van der Waals surface area contributed by atoms with Crippen LogP contribution in [0.4, 0.5) is 0 Å². The molecule has 0 unspecified atom stereocenters. The van der Waals surface area contributed by atoms with Crippen LogP contribution in [0.1, 0.15) is 58.3 Å². The van der Waals surface area contributed by atoms with Crippen molar-refractivity contribution in [2.75, 3.05) is 0 Å². The summed E-state index contributed by atoms with van der Waals surface area (Å²) < 4.78 is 0. The van der Waals surface area contributed by atoms with Gasteiger partial charge in [-0.2, -0.15) is 0 Å². The average Bonchev–Trinajstić information content (AvgIpc) is 2.28. The third-order valence-electron chi connectivity index (χ3n) is 4.13. The molecule has 2 saturated carbocycles. The second kappa shape index (κ2) is 3.61. The number of rotatable bonds is 1. The minimum absolute atomic E-state index is 0.254. The Balaban J connectivity index is 1.91. The zero-order valence-corrected chi connectivity index (χ0v) is 8.89. The summed E-state index contributed by atoms with van der Waals surface area (Å²) in [6.45, 7) is 2.34. The summed E-state index contributed by atoms with van der Waals surface area (Å²) in [5.74, 6) is 1.75. The molecule has 0 radical (unpaired) electrons. The van der Waals surface area contributed by atoms with Gasteiger partial charge in [0.25, 0.3) is 0 Å². The van der Waals surface area contributed by atoms with E-state index in [-0.39, 0.29) is 5.54 Å². The Morgan fingerprint density at radius 2 is 1.54 bits per heavy atom. The summed E-state index contributed by atoms with van der Waals surface area (Å²) in [6.07, 6.45) is 11.1. The van der Waals surface area contributed by atoms with Crippen LogP contribution in [0.25, 0.3) is 0 Å². The van der Waals surface area contributed by atoms with Crippen molar-refractivity contribution in [3.8, 4) is 0 Å². The average molecular weight is 181 g/mol. The van der Waals surface area contributed by atoms with E-state index in [1.807, 2.05) is 0 Å². The van der Waals surface area contributed by atoms with Crippen LogP contribution in [0.2, 0.25) is 0 Å². The Labute approximate surface area is 82.1 Å². The van der Waals surface area contributed by atoms with Gasteiger partial charge in [-0.25, -0.2) is 0 Å². The van der Waals surface area contributed by atoms with Gasteiger partial charge in [-0.3, -0.25) is 0 Å². The molecule has 0 amide bonds. The van der Waals surface area contributed by atoms with Gasteiger partial charge in [0.15, 0.2) is 0 Å².